The molecule has 0 spiro atoms. The van der Waals surface area contributed by atoms with E-state index in [9.17, 15) is 29.1 Å². The Kier molecular flexibility index (Phi) is 25.9. The Morgan fingerprint density at radius 2 is 1.32 bits per heavy atom. The molecular weight excluding hydrogens is 1250 g/mol. The number of phenolic OH excluding ortho intramolecular Hbond substituents is 1. The summed E-state index contributed by atoms with van der Waals surface area (Å²) in [6, 6.07) is 21.6. The van der Waals surface area contributed by atoms with Gasteiger partial charge in [0.2, 0.25) is 17.8 Å². The van der Waals surface area contributed by atoms with E-state index in [1.165, 1.54) is 11.0 Å². The van der Waals surface area contributed by atoms with Crippen molar-refractivity contribution >= 4 is 92.2 Å². The molecule has 2 saturated heterocycles. The molecule has 0 saturated carbocycles. The maximum Gasteiger partial charge on any atom is 0.410 e. The number of carbonyl (C=O) groups excluding carboxylic acids is 5. The Morgan fingerprint density at radius 1 is 0.699 bits per heavy atom. The van der Waals surface area contributed by atoms with Crippen LogP contribution in [0, 0.1) is 5.82 Å². The van der Waals surface area contributed by atoms with Crippen molar-refractivity contribution in [2.24, 2.45) is 0 Å². The smallest absolute Gasteiger partial charge is 0.410 e. The van der Waals surface area contributed by atoms with Crippen LogP contribution in [-0.2, 0) is 71.7 Å². The lowest BCUT2D eigenvalue weighted by Crippen LogP contribution is -2.52. The number of amides is 6. The maximum atomic E-state index is 17.0. The highest BCUT2D eigenvalue weighted by Crippen LogP contribution is 2.42. The molecule has 6 aromatic rings. The van der Waals surface area contributed by atoms with Crippen LogP contribution in [0.15, 0.2) is 78.9 Å². The predicted octanol–water partition coefficient (Wildman–Crippen LogP) is 8.53. The number of carbonyl (C=O) groups is 5. The normalized spacial score (nSPS) is 15.1. The first-order valence-corrected chi connectivity index (χ1v) is 31.8. The number of aromatic nitrogens is 2. The van der Waals surface area contributed by atoms with Crippen molar-refractivity contribution < 1.29 is 76.1 Å². The number of phenols is 1. The summed E-state index contributed by atoms with van der Waals surface area (Å²) in [5.74, 6) is -1.12. The lowest BCUT2D eigenvalue weighted by molar-refractivity contribution is -0.136. The third kappa shape index (κ3) is 20.5. The minimum Gasteiger partial charge on any atom is -0.508 e. The van der Waals surface area contributed by atoms with Crippen molar-refractivity contribution in [3.8, 4) is 16.9 Å². The molecule has 500 valence electrons. The lowest BCUT2D eigenvalue weighted by atomic mass is 9.96. The predicted molar refractivity (Wildman–Crippen MR) is 348 cm³/mol. The van der Waals surface area contributed by atoms with Gasteiger partial charge in [0.1, 0.15) is 28.7 Å². The topological polar surface area (TPSA) is 272 Å². The molecule has 0 bridgehead atoms. The Labute approximate surface area is 548 Å². The first-order valence-electron chi connectivity index (χ1n) is 31.1. The van der Waals surface area contributed by atoms with Gasteiger partial charge in [0.25, 0.3) is 5.91 Å². The van der Waals surface area contributed by atoms with E-state index in [0.717, 1.165) is 22.1 Å². The third-order valence-corrected chi connectivity index (χ3v) is 15.7. The number of ether oxygens (including phenoxy) is 9. The number of anilines is 3. The van der Waals surface area contributed by atoms with E-state index < -0.39 is 35.5 Å². The van der Waals surface area contributed by atoms with Crippen LogP contribution in [0.25, 0.3) is 32.8 Å². The first-order chi connectivity index (χ1) is 45.0. The van der Waals surface area contributed by atoms with Gasteiger partial charge in [-0.15, -0.1) is 0 Å². The number of urea groups is 1. The van der Waals surface area contributed by atoms with E-state index in [2.05, 4.69) is 26.3 Å². The van der Waals surface area contributed by atoms with Gasteiger partial charge in [0.15, 0.2) is 5.82 Å². The Balaban J connectivity index is 0.562. The largest absolute Gasteiger partial charge is 0.508 e. The number of hydrogen-bond acceptors (Lipinski definition) is 19. The average Bonchev–Trinajstić information content (AvgIpc) is 0.968. The number of hydrogen-bond donors (Lipinski definition) is 5. The minimum atomic E-state index is -0.698. The number of piperazine rings is 1. The maximum absolute atomic E-state index is 17.0. The van der Waals surface area contributed by atoms with Crippen molar-refractivity contribution in [2.45, 2.75) is 64.8 Å². The van der Waals surface area contributed by atoms with E-state index in [1.807, 2.05) is 68.1 Å². The molecule has 9 rings (SSSR count). The van der Waals surface area contributed by atoms with Crippen molar-refractivity contribution in [2.75, 3.05) is 154 Å². The molecular formula is C66H80Cl2FN9O15. The molecule has 0 aliphatic carbocycles. The molecule has 27 heteroatoms. The monoisotopic (exact) mass is 1330 g/mol. The van der Waals surface area contributed by atoms with Gasteiger partial charge in [0, 0.05) is 79.5 Å². The van der Waals surface area contributed by atoms with Crippen LogP contribution in [-0.4, -0.2) is 205 Å². The Morgan fingerprint density at radius 3 is 1.96 bits per heavy atom. The molecule has 6 amide bonds. The zero-order valence-corrected chi connectivity index (χ0v) is 54.0. The summed E-state index contributed by atoms with van der Waals surface area (Å²) in [6.45, 7) is 14.0. The van der Waals surface area contributed by atoms with E-state index in [-0.39, 0.29) is 72.2 Å². The third-order valence-electron chi connectivity index (χ3n) is 15.1. The molecule has 5 N–H and O–H groups in total. The van der Waals surface area contributed by atoms with Crippen LogP contribution in [0.4, 0.5) is 31.4 Å². The highest BCUT2D eigenvalue weighted by atomic mass is 35.5. The van der Waals surface area contributed by atoms with Crippen LogP contribution in [0.3, 0.4) is 0 Å². The fourth-order valence-electron chi connectivity index (χ4n) is 10.7. The van der Waals surface area contributed by atoms with Crippen LogP contribution < -0.4 is 26.2 Å². The molecule has 5 aromatic carbocycles. The standard InChI is InChI=1S/C66H80Cl2FN9O15/c1-66(2,3)93-65(84)77-16-14-76(15-17-77)60-53-40-54(68)57(52-39-49(79)37-45-6-4-5-7-50(45)52)58(69)59(53)74-63(75-60)70-13-19-86-21-23-88-25-27-90-29-31-92-33-32-91-30-28-89-26-24-87-22-20-85-18-12-43-35-47(67)38-48(36-43)72-64(83)71-41-44-8-9-51-46(34-44)42-78(62(51)82)55-10-11-56(80)73-61(55)81/h4-9,34-40,55,79H,10-33,41-42H2,1-3H3,(H,70,74,75)(H2,71,72,83)(H,73,80,81). The molecule has 24 nitrogen and oxygen atoms in total. The lowest BCUT2D eigenvalue weighted by Gasteiger charge is -2.36. The van der Waals surface area contributed by atoms with Gasteiger partial charge in [-0.2, -0.15) is 4.98 Å². The minimum absolute atomic E-state index is 0.0305. The van der Waals surface area contributed by atoms with E-state index in [0.29, 0.717) is 177 Å². The van der Waals surface area contributed by atoms with Crippen LogP contribution in [0.1, 0.15) is 60.7 Å². The summed E-state index contributed by atoms with van der Waals surface area (Å²) in [5.41, 5.74) is 3.37. The zero-order valence-electron chi connectivity index (χ0n) is 52.5. The van der Waals surface area contributed by atoms with Gasteiger partial charge in [-0.05, 0) is 109 Å². The van der Waals surface area contributed by atoms with Gasteiger partial charge < -0.3 is 78.4 Å². The van der Waals surface area contributed by atoms with Crippen LogP contribution in [0.5, 0.6) is 5.75 Å². The van der Waals surface area contributed by atoms with Crippen molar-refractivity contribution in [1.29, 1.82) is 0 Å². The zero-order chi connectivity index (χ0) is 65.7. The molecule has 1 unspecified atom stereocenters. The summed E-state index contributed by atoms with van der Waals surface area (Å²) in [5, 5.41) is 24.2. The summed E-state index contributed by atoms with van der Waals surface area (Å²) < 4.78 is 67.8. The molecule has 4 heterocycles. The number of benzene rings is 5. The van der Waals surface area contributed by atoms with E-state index >= 15 is 4.39 Å². The van der Waals surface area contributed by atoms with Crippen LogP contribution in [0.2, 0.25) is 10.0 Å². The second kappa shape index (κ2) is 34.6. The number of nitrogens with zero attached hydrogens (tertiary/aromatic N) is 5. The Bertz CT molecular complexity index is 3560. The Hall–Kier alpha value is -7.56. The molecule has 1 atom stereocenters. The van der Waals surface area contributed by atoms with Crippen molar-refractivity contribution in [1.82, 2.24) is 30.4 Å². The fraction of sp³-hybridized carbons (Fsp3) is 0.470. The van der Waals surface area contributed by atoms with E-state index in [4.69, 9.17) is 70.8 Å². The van der Waals surface area contributed by atoms with Gasteiger partial charge in [-0.1, -0.05) is 59.6 Å². The molecule has 3 aliphatic heterocycles. The van der Waals surface area contributed by atoms with Gasteiger partial charge in [0.05, 0.1) is 111 Å². The summed E-state index contributed by atoms with van der Waals surface area (Å²) >= 11 is 13.3. The number of piperidine rings is 1. The van der Waals surface area contributed by atoms with Crippen molar-refractivity contribution in [3.63, 3.8) is 0 Å². The molecule has 93 heavy (non-hydrogen) atoms. The SMILES string of the molecule is CC(C)(C)OC(=O)N1CCN(c2nc(NCCOCCOCCOCCOCCOCCOCCOCCOCCc3cc(Cl)cc(NC(=O)NCc4ccc5c(c4)CN(C4CCC(=O)NC4=O)C5=O)c3)nc3c(F)c(-c4cc(O)cc5ccccc45)c(Cl)cc23)CC1. The average molecular weight is 1330 g/mol. The van der Waals surface area contributed by atoms with Gasteiger partial charge >= 0.3 is 12.1 Å². The van der Waals surface area contributed by atoms with Crippen LogP contribution >= 0.6 is 23.2 Å². The van der Waals surface area contributed by atoms with Gasteiger partial charge in [-0.3, -0.25) is 19.7 Å². The summed E-state index contributed by atoms with van der Waals surface area (Å²) in [7, 11) is 0. The molecule has 1 aromatic heterocycles. The fourth-order valence-corrected chi connectivity index (χ4v) is 11.3. The first kappa shape index (κ1) is 69.8. The highest BCUT2D eigenvalue weighted by molar-refractivity contribution is 6.35. The summed E-state index contributed by atoms with van der Waals surface area (Å²) in [6.07, 6.45) is 0.620. The molecule has 2 fully saturated rings. The number of rotatable bonds is 34. The van der Waals surface area contributed by atoms with Gasteiger partial charge in [-0.25, -0.2) is 19.0 Å². The second-order valence-corrected chi connectivity index (χ2v) is 23.9. The number of fused-ring (bicyclic) bond motifs is 3. The number of nitrogens with one attached hydrogen (secondary N) is 4. The van der Waals surface area contributed by atoms with E-state index in [1.54, 1.807) is 35.2 Å². The number of imide groups is 1. The second-order valence-electron chi connectivity index (χ2n) is 23.1. The number of aromatic hydroxyl groups is 1. The quantitative estimate of drug-likeness (QED) is 0.0187. The molecule has 3 aliphatic rings. The number of halogens is 3. The molecule has 0 radical (unpaired) electrons. The highest BCUT2D eigenvalue weighted by Gasteiger charge is 2.39. The van der Waals surface area contributed by atoms with Crippen molar-refractivity contribution in [3.05, 3.63) is 117 Å². The summed E-state index contributed by atoms with van der Waals surface area (Å²) in [4.78, 5) is 77.3.